The van der Waals surface area contributed by atoms with Gasteiger partial charge in [-0.2, -0.15) is 0 Å². The molecule has 1 atom stereocenters. The van der Waals surface area contributed by atoms with E-state index in [1.54, 1.807) is 6.20 Å². The maximum Gasteiger partial charge on any atom is 0.0426 e. The van der Waals surface area contributed by atoms with Crippen LogP contribution in [-0.4, -0.2) is 17.7 Å². The second-order valence-electron chi connectivity index (χ2n) is 3.55. The molecule has 0 fully saturated rings. The third-order valence-corrected chi connectivity index (χ3v) is 2.26. The molecule has 1 heterocycles. The molecule has 0 saturated carbocycles. The quantitative estimate of drug-likeness (QED) is 0.655. The van der Waals surface area contributed by atoms with Gasteiger partial charge in [-0.1, -0.05) is 19.9 Å². The van der Waals surface area contributed by atoms with Crippen LogP contribution in [0.5, 0.6) is 0 Å². The molecule has 2 heteroatoms. The van der Waals surface area contributed by atoms with Crippen LogP contribution < -0.4 is 0 Å². The molecular weight excluding hydrogens is 172 g/mol. The standard InChI is InChI=1S/C12H18N2/c1-3-11(2)9-14-8-6-12-5-4-7-13-10-12/h4-5,7,9-11H,3,6,8H2,1-2H3. The van der Waals surface area contributed by atoms with Gasteiger partial charge in [0.2, 0.25) is 0 Å². The van der Waals surface area contributed by atoms with Gasteiger partial charge in [0.1, 0.15) is 0 Å². The molecule has 1 aromatic rings. The van der Waals surface area contributed by atoms with Crippen molar-refractivity contribution in [2.45, 2.75) is 26.7 Å². The predicted molar refractivity (Wildman–Crippen MR) is 60.8 cm³/mol. The van der Waals surface area contributed by atoms with Crippen molar-refractivity contribution in [3.63, 3.8) is 0 Å². The molecule has 1 aromatic heterocycles. The van der Waals surface area contributed by atoms with Gasteiger partial charge in [0.15, 0.2) is 0 Å². The van der Waals surface area contributed by atoms with Crippen LogP contribution in [-0.2, 0) is 6.42 Å². The number of pyridine rings is 1. The van der Waals surface area contributed by atoms with E-state index in [0.717, 1.165) is 19.4 Å². The summed E-state index contributed by atoms with van der Waals surface area (Å²) in [5, 5.41) is 0. The first kappa shape index (κ1) is 10.9. The molecule has 0 N–H and O–H groups in total. The monoisotopic (exact) mass is 190 g/mol. The number of nitrogens with zero attached hydrogens (tertiary/aromatic N) is 2. The van der Waals surface area contributed by atoms with E-state index >= 15 is 0 Å². The van der Waals surface area contributed by atoms with Crippen LogP contribution in [0.15, 0.2) is 29.5 Å². The molecule has 0 saturated heterocycles. The van der Waals surface area contributed by atoms with Gasteiger partial charge in [-0.15, -0.1) is 0 Å². The van der Waals surface area contributed by atoms with Crippen molar-refractivity contribution >= 4 is 6.21 Å². The average molecular weight is 190 g/mol. The average Bonchev–Trinajstić information content (AvgIpc) is 2.25. The zero-order chi connectivity index (χ0) is 10.2. The smallest absolute Gasteiger partial charge is 0.0426 e. The van der Waals surface area contributed by atoms with E-state index in [0.29, 0.717) is 5.92 Å². The van der Waals surface area contributed by atoms with E-state index in [2.05, 4.69) is 36.1 Å². The summed E-state index contributed by atoms with van der Waals surface area (Å²) in [6.07, 6.45) is 7.90. The summed E-state index contributed by atoms with van der Waals surface area (Å²) < 4.78 is 0. The van der Waals surface area contributed by atoms with Crippen LogP contribution in [0, 0.1) is 5.92 Å². The highest BCUT2D eigenvalue weighted by Gasteiger charge is 1.92. The van der Waals surface area contributed by atoms with E-state index in [9.17, 15) is 0 Å². The van der Waals surface area contributed by atoms with Crippen LogP contribution in [0.4, 0.5) is 0 Å². The molecule has 0 bridgehead atoms. The van der Waals surface area contributed by atoms with Gasteiger partial charge in [0.05, 0.1) is 0 Å². The first-order valence-corrected chi connectivity index (χ1v) is 5.21. The predicted octanol–water partition coefficient (Wildman–Crippen LogP) is 2.74. The Bertz CT molecular complexity index is 267. The second-order valence-corrected chi connectivity index (χ2v) is 3.55. The van der Waals surface area contributed by atoms with Crippen molar-refractivity contribution in [3.8, 4) is 0 Å². The summed E-state index contributed by atoms with van der Waals surface area (Å²) in [6.45, 7) is 5.24. The second kappa shape index (κ2) is 6.30. The third kappa shape index (κ3) is 4.17. The molecule has 0 radical (unpaired) electrons. The summed E-state index contributed by atoms with van der Waals surface area (Å²) in [5.74, 6) is 0.601. The zero-order valence-electron chi connectivity index (χ0n) is 8.98. The Hall–Kier alpha value is -1.18. The van der Waals surface area contributed by atoms with Crippen LogP contribution in [0.25, 0.3) is 0 Å². The number of hydrogen-bond donors (Lipinski definition) is 0. The van der Waals surface area contributed by atoms with Crippen LogP contribution >= 0.6 is 0 Å². The van der Waals surface area contributed by atoms with Crippen molar-refractivity contribution in [2.24, 2.45) is 10.9 Å². The fourth-order valence-corrected chi connectivity index (χ4v) is 1.10. The lowest BCUT2D eigenvalue weighted by Crippen LogP contribution is -1.96. The summed E-state index contributed by atoms with van der Waals surface area (Å²) >= 11 is 0. The molecule has 1 unspecified atom stereocenters. The molecule has 0 spiro atoms. The van der Waals surface area contributed by atoms with Gasteiger partial charge >= 0.3 is 0 Å². The van der Waals surface area contributed by atoms with E-state index in [1.165, 1.54) is 5.56 Å². The Kier molecular flexibility index (Phi) is 4.90. The number of aliphatic imine (C=N–C) groups is 1. The Morgan fingerprint density at radius 2 is 2.43 bits per heavy atom. The minimum Gasteiger partial charge on any atom is -0.297 e. The molecule has 0 aliphatic carbocycles. The Labute approximate surface area is 86.1 Å². The molecule has 14 heavy (non-hydrogen) atoms. The fraction of sp³-hybridized carbons (Fsp3) is 0.500. The lowest BCUT2D eigenvalue weighted by molar-refractivity contribution is 0.749. The molecule has 0 aliphatic heterocycles. The fourth-order valence-electron chi connectivity index (χ4n) is 1.10. The SMILES string of the molecule is CCC(C)C=NCCc1cccnc1. The van der Waals surface area contributed by atoms with Crippen LogP contribution in [0.1, 0.15) is 25.8 Å². The Balaban J connectivity index is 2.25. The van der Waals surface area contributed by atoms with Gasteiger partial charge in [0, 0.05) is 25.2 Å². The van der Waals surface area contributed by atoms with Gasteiger partial charge in [-0.05, 0) is 30.4 Å². The number of hydrogen-bond acceptors (Lipinski definition) is 2. The lowest BCUT2D eigenvalue weighted by Gasteiger charge is -1.99. The third-order valence-electron chi connectivity index (χ3n) is 2.26. The van der Waals surface area contributed by atoms with Crippen molar-refractivity contribution in [1.29, 1.82) is 0 Å². The molecule has 1 rings (SSSR count). The van der Waals surface area contributed by atoms with Crippen LogP contribution in [0.3, 0.4) is 0 Å². The Morgan fingerprint density at radius 3 is 3.07 bits per heavy atom. The molecule has 2 nitrogen and oxygen atoms in total. The Morgan fingerprint density at radius 1 is 1.57 bits per heavy atom. The zero-order valence-corrected chi connectivity index (χ0v) is 8.98. The minimum absolute atomic E-state index is 0.601. The van der Waals surface area contributed by atoms with Gasteiger partial charge < -0.3 is 0 Å². The van der Waals surface area contributed by atoms with E-state index in [4.69, 9.17) is 0 Å². The summed E-state index contributed by atoms with van der Waals surface area (Å²) in [4.78, 5) is 8.45. The molecule has 0 aromatic carbocycles. The summed E-state index contributed by atoms with van der Waals surface area (Å²) in [7, 11) is 0. The highest BCUT2D eigenvalue weighted by atomic mass is 14.7. The maximum absolute atomic E-state index is 4.38. The molecule has 0 amide bonds. The number of aromatic nitrogens is 1. The molecular formula is C12H18N2. The van der Waals surface area contributed by atoms with E-state index < -0.39 is 0 Å². The maximum atomic E-state index is 4.38. The minimum atomic E-state index is 0.601. The van der Waals surface area contributed by atoms with Crippen molar-refractivity contribution < 1.29 is 0 Å². The molecule has 76 valence electrons. The number of rotatable bonds is 5. The summed E-state index contributed by atoms with van der Waals surface area (Å²) in [6, 6.07) is 4.06. The molecule has 0 aliphatic rings. The van der Waals surface area contributed by atoms with Crippen molar-refractivity contribution in [2.75, 3.05) is 6.54 Å². The van der Waals surface area contributed by atoms with Crippen molar-refractivity contribution in [3.05, 3.63) is 30.1 Å². The van der Waals surface area contributed by atoms with E-state index in [-0.39, 0.29) is 0 Å². The first-order chi connectivity index (χ1) is 6.83. The van der Waals surface area contributed by atoms with Gasteiger partial charge in [-0.3, -0.25) is 9.98 Å². The van der Waals surface area contributed by atoms with Gasteiger partial charge in [0.25, 0.3) is 0 Å². The lowest BCUT2D eigenvalue weighted by atomic mass is 10.1. The topological polar surface area (TPSA) is 25.2 Å². The summed E-state index contributed by atoms with van der Waals surface area (Å²) in [5.41, 5.74) is 1.26. The van der Waals surface area contributed by atoms with Crippen molar-refractivity contribution in [1.82, 2.24) is 4.98 Å². The van der Waals surface area contributed by atoms with Gasteiger partial charge in [-0.25, -0.2) is 0 Å². The van der Waals surface area contributed by atoms with E-state index in [1.807, 2.05) is 12.3 Å². The highest BCUT2D eigenvalue weighted by molar-refractivity contribution is 5.59. The first-order valence-electron chi connectivity index (χ1n) is 5.21. The normalized spacial score (nSPS) is 13.3. The highest BCUT2D eigenvalue weighted by Crippen LogP contribution is 1.98. The van der Waals surface area contributed by atoms with Crippen LogP contribution in [0.2, 0.25) is 0 Å². The largest absolute Gasteiger partial charge is 0.297 e.